The van der Waals surface area contributed by atoms with E-state index in [-0.39, 0.29) is 24.3 Å². The lowest BCUT2D eigenvalue weighted by Crippen LogP contribution is -2.46. The second-order valence-corrected chi connectivity index (χ2v) is 7.22. The molecule has 7 nitrogen and oxygen atoms in total. The third-order valence-electron chi connectivity index (χ3n) is 5.03. The molecule has 0 spiro atoms. The number of ether oxygens (including phenoxy) is 3. The summed E-state index contributed by atoms with van der Waals surface area (Å²) in [4.78, 5) is 35.8. The lowest BCUT2D eigenvalue weighted by Gasteiger charge is -2.30. The molecule has 1 saturated carbocycles. The van der Waals surface area contributed by atoms with Crippen LogP contribution in [0, 0.1) is 5.92 Å². The molecule has 0 radical (unpaired) electrons. The number of carbonyl (C=O) groups excluding carboxylic acids is 3. The highest BCUT2D eigenvalue weighted by Gasteiger charge is 2.26. The third-order valence-corrected chi connectivity index (χ3v) is 5.03. The normalized spacial score (nSPS) is 20.0. The summed E-state index contributed by atoms with van der Waals surface area (Å²) in [6, 6.07) is 4.82. The van der Waals surface area contributed by atoms with Gasteiger partial charge in [0.05, 0.1) is 7.11 Å². The van der Waals surface area contributed by atoms with Crippen LogP contribution in [0.2, 0.25) is 0 Å². The van der Waals surface area contributed by atoms with E-state index in [0.29, 0.717) is 23.0 Å². The SMILES string of the molecule is COc1cc(C(C)=O)ccc1OCC(=O)O[C@H](C)C(=O)N[C@H]1CCCC[C@@H]1C. The number of ketones is 1. The zero-order chi connectivity index (χ0) is 20.7. The van der Waals surface area contributed by atoms with Gasteiger partial charge >= 0.3 is 5.97 Å². The maximum Gasteiger partial charge on any atom is 0.344 e. The van der Waals surface area contributed by atoms with Gasteiger partial charge in [0.15, 0.2) is 30.0 Å². The fourth-order valence-electron chi connectivity index (χ4n) is 3.26. The van der Waals surface area contributed by atoms with Gasteiger partial charge in [0.2, 0.25) is 0 Å². The highest BCUT2D eigenvalue weighted by molar-refractivity contribution is 5.94. The minimum absolute atomic E-state index is 0.101. The number of esters is 1. The number of hydrogen-bond donors (Lipinski definition) is 1. The highest BCUT2D eigenvalue weighted by atomic mass is 16.6. The Labute approximate surface area is 165 Å². The van der Waals surface area contributed by atoms with Gasteiger partial charge in [-0.25, -0.2) is 4.79 Å². The monoisotopic (exact) mass is 391 g/mol. The average molecular weight is 391 g/mol. The molecule has 1 aromatic carbocycles. The quantitative estimate of drug-likeness (QED) is 0.541. The van der Waals surface area contributed by atoms with Crippen molar-refractivity contribution in [3.63, 3.8) is 0 Å². The first-order chi connectivity index (χ1) is 13.3. The van der Waals surface area contributed by atoms with Crippen molar-refractivity contribution >= 4 is 17.7 Å². The Morgan fingerprint density at radius 3 is 2.54 bits per heavy atom. The Hall–Kier alpha value is -2.57. The summed E-state index contributed by atoms with van der Waals surface area (Å²) in [5, 5.41) is 2.97. The van der Waals surface area contributed by atoms with Crippen molar-refractivity contribution in [3.05, 3.63) is 23.8 Å². The van der Waals surface area contributed by atoms with Crippen molar-refractivity contribution in [2.75, 3.05) is 13.7 Å². The Morgan fingerprint density at radius 1 is 1.18 bits per heavy atom. The summed E-state index contributed by atoms with van der Waals surface area (Å²) in [6.07, 6.45) is 3.44. The molecule has 1 aliphatic rings. The summed E-state index contributed by atoms with van der Waals surface area (Å²) in [5.41, 5.74) is 0.481. The Bertz CT molecular complexity index is 717. The van der Waals surface area contributed by atoms with Crippen LogP contribution < -0.4 is 14.8 Å². The molecule has 1 fully saturated rings. The van der Waals surface area contributed by atoms with Gasteiger partial charge in [0.1, 0.15) is 0 Å². The Kier molecular flexibility index (Phi) is 7.84. The first-order valence-corrected chi connectivity index (χ1v) is 9.63. The van der Waals surface area contributed by atoms with Crippen LogP contribution in [0.3, 0.4) is 0 Å². The van der Waals surface area contributed by atoms with Gasteiger partial charge in [-0.2, -0.15) is 0 Å². The number of rotatable bonds is 8. The average Bonchev–Trinajstić information content (AvgIpc) is 2.67. The van der Waals surface area contributed by atoms with Gasteiger partial charge in [0.25, 0.3) is 5.91 Å². The number of amides is 1. The molecule has 1 amide bonds. The number of Topliss-reactive ketones (excluding diaryl/α,β-unsaturated/α-hetero) is 1. The van der Waals surface area contributed by atoms with Crippen LogP contribution in [-0.4, -0.2) is 43.5 Å². The number of carbonyl (C=O) groups is 3. The van der Waals surface area contributed by atoms with E-state index < -0.39 is 12.1 Å². The molecule has 1 aliphatic carbocycles. The maximum absolute atomic E-state index is 12.3. The predicted molar refractivity (Wildman–Crippen MR) is 104 cm³/mol. The van der Waals surface area contributed by atoms with Gasteiger partial charge in [-0.3, -0.25) is 9.59 Å². The summed E-state index contributed by atoms with van der Waals surface area (Å²) in [5.74, 6) is 0.0356. The molecule has 3 atom stereocenters. The number of hydrogen-bond acceptors (Lipinski definition) is 6. The van der Waals surface area contributed by atoms with E-state index in [1.165, 1.54) is 20.5 Å². The third kappa shape index (κ3) is 5.97. The topological polar surface area (TPSA) is 90.9 Å². The van der Waals surface area contributed by atoms with Crippen molar-refractivity contribution < 1.29 is 28.6 Å². The molecule has 28 heavy (non-hydrogen) atoms. The molecule has 154 valence electrons. The van der Waals surface area contributed by atoms with Crippen molar-refractivity contribution in [2.45, 2.75) is 58.6 Å². The van der Waals surface area contributed by atoms with Crippen LogP contribution in [0.15, 0.2) is 18.2 Å². The lowest BCUT2D eigenvalue weighted by molar-refractivity contribution is -0.157. The summed E-state index contributed by atoms with van der Waals surface area (Å²) < 4.78 is 15.8. The van der Waals surface area contributed by atoms with Crippen LogP contribution >= 0.6 is 0 Å². The molecular weight excluding hydrogens is 362 g/mol. The molecular formula is C21H29NO6. The van der Waals surface area contributed by atoms with E-state index in [2.05, 4.69) is 12.2 Å². The predicted octanol–water partition coefficient (Wildman–Crippen LogP) is 2.90. The zero-order valence-corrected chi connectivity index (χ0v) is 16.9. The molecule has 0 aromatic heterocycles. The second kappa shape index (κ2) is 10.1. The minimum Gasteiger partial charge on any atom is -0.493 e. The molecule has 1 aromatic rings. The van der Waals surface area contributed by atoms with E-state index in [1.807, 2.05) is 0 Å². The fraction of sp³-hybridized carbons (Fsp3) is 0.571. The molecule has 2 rings (SSSR count). The fourth-order valence-corrected chi connectivity index (χ4v) is 3.26. The molecule has 7 heteroatoms. The van der Waals surface area contributed by atoms with Crippen molar-refractivity contribution in [1.82, 2.24) is 5.32 Å². The van der Waals surface area contributed by atoms with E-state index in [4.69, 9.17) is 14.2 Å². The van der Waals surface area contributed by atoms with Crippen molar-refractivity contribution in [3.8, 4) is 11.5 Å². The minimum atomic E-state index is -0.896. The number of methoxy groups -OCH3 is 1. The van der Waals surface area contributed by atoms with Crippen molar-refractivity contribution in [2.24, 2.45) is 5.92 Å². The van der Waals surface area contributed by atoms with Crippen LogP contribution in [0.25, 0.3) is 0 Å². The van der Waals surface area contributed by atoms with Gasteiger partial charge in [0, 0.05) is 11.6 Å². The van der Waals surface area contributed by atoms with E-state index in [0.717, 1.165) is 19.3 Å². The van der Waals surface area contributed by atoms with Crippen LogP contribution in [0.1, 0.15) is 56.8 Å². The molecule has 1 N–H and O–H groups in total. The smallest absolute Gasteiger partial charge is 0.344 e. The Balaban J connectivity index is 1.84. The summed E-state index contributed by atoms with van der Waals surface area (Å²) in [7, 11) is 1.45. The summed E-state index contributed by atoms with van der Waals surface area (Å²) in [6.45, 7) is 4.75. The molecule has 0 bridgehead atoms. The number of benzene rings is 1. The lowest BCUT2D eigenvalue weighted by atomic mass is 9.86. The number of nitrogens with one attached hydrogen (secondary N) is 1. The van der Waals surface area contributed by atoms with E-state index >= 15 is 0 Å². The molecule has 0 heterocycles. The molecule has 0 saturated heterocycles. The van der Waals surface area contributed by atoms with E-state index in [9.17, 15) is 14.4 Å². The van der Waals surface area contributed by atoms with Crippen LogP contribution in [-0.2, 0) is 14.3 Å². The second-order valence-electron chi connectivity index (χ2n) is 7.22. The van der Waals surface area contributed by atoms with E-state index in [1.54, 1.807) is 25.1 Å². The van der Waals surface area contributed by atoms with Crippen LogP contribution in [0.5, 0.6) is 11.5 Å². The molecule has 0 aliphatic heterocycles. The Morgan fingerprint density at radius 2 is 1.89 bits per heavy atom. The standard InChI is InChI=1S/C21H29NO6/c1-13-7-5-6-8-17(13)22-21(25)15(3)28-20(24)12-27-18-10-9-16(14(2)23)11-19(18)26-4/h9-11,13,15,17H,5-8,12H2,1-4H3,(H,22,25)/t13-,15+,17-/m0/s1. The van der Waals surface area contributed by atoms with Gasteiger partial charge in [-0.15, -0.1) is 0 Å². The van der Waals surface area contributed by atoms with Crippen molar-refractivity contribution in [1.29, 1.82) is 0 Å². The molecule has 0 unspecified atom stereocenters. The summed E-state index contributed by atoms with van der Waals surface area (Å²) >= 11 is 0. The largest absolute Gasteiger partial charge is 0.493 e. The maximum atomic E-state index is 12.3. The van der Waals surface area contributed by atoms with Gasteiger partial charge < -0.3 is 19.5 Å². The first-order valence-electron chi connectivity index (χ1n) is 9.63. The van der Waals surface area contributed by atoms with Gasteiger partial charge in [-0.1, -0.05) is 19.8 Å². The van der Waals surface area contributed by atoms with Crippen LogP contribution in [0.4, 0.5) is 0 Å². The van der Waals surface area contributed by atoms with Gasteiger partial charge in [-0.05, 0) is 50.8 Å². The highest BCUT2D eigenvalue weighted by Crippen LogP contribution is 2.28. The zero-order valence-electron chi connectivity index (χ0n) is 16.9. The first kappa shape index (κ1) is 21.7.